The Morgan fingerprint density at radius 2 is 1.95 bits per heavy atom. The SMILES string of the molecule is C=CCOCC(O)CN1CCN(c2ccc(Cl)c(Cl)c2)CC1. The van der Waals surface area contributed by atoms with Crippen LogP contribution in [0, 0.1) is 0 Å². The molecule has 1 aromatic carbocycles. The highest BCUT2D eigenvalue weighted by atomic mass is 35.5. The minimum Gasteiger partial charge on any atom is -0.389 e. The molecule has 1 aliphatic rings. The van der Waals surface area contributed by atoms with Crippen molar-refractivity contribution in [2.24, 2.45) is 0 Å². The summed E-state index contributed by atoms with van der Waals surface area (Å²) in [5.41, 5.74) is 1.09. The van der Waals surface area contributed by atoms with Crippen molar-refractivity contribution in [3.63, 3.8) is 0 Å². The fourth-order valence-electron chi connectivity index (χ4n) is 2.51. The molecule has 0 radical (unpaired) electrons. The molecule has 1 unspecified atom stereocenters. The summed E-state index contributed by atoms with van der Waals surface area (Å²) in [6.07, 6.45) is 1.22. The van der Waals surface area contributed by atoms with Gasteiger partial charge in [0.2, 0.25) is 0 Å². The quantitative estimate of drug-likeness (QED) is 0.609. The molecule has 6 heteroatoms. The predicted octanol–water partition coefficient (Wildman–Crippen LogP) is 2.68. The van der Waals surface area contributed by atoms with Crippen LogP contribution in [0.1, 0.15) is 0 Å². The molecule has 1 saturated heterocycles. The van der Waals surface area contributed by atoms with Gasteiger partial charge in [0.15, 0.2) is 0 Å². The van der Waals surface area contributed by atoms with E-state index in [9.17, 15) is 5.11 Å². The van der Waals surface area contributed by atoms with E-state index < -0.39 is 6.10 Å². The smallest absolute Gasteiger partial charge is 0.0900 e. The van der Waals surface area contributed by atoms with Crippen LogP contribution < -0.4 is 4.90 Å². The number of piperazine rings is 1. The molecule has 1 atom stereocenters. The predicted molar refractivity (Wildman–Crippen MR) is 92.1 cm³/mol. The highest BCUT2D eigenvalue weighted by molar-refractivity contribution is 6.42. The molecule has 0 bridgehead atoms. The second-order valence-corrected chi connectivity index (χ2v) is 6.18. The summed E-state index contributed by atoms with van der Waals surface area (Å²) in [6, 6.07) is 5.71. The number of aliphatic hydroxyl groups excluding tert-OH is 1. The molecule has 0 spiro atoms. The fourth-order valence-corrected chi connectivity index (χ4v) is 2.80. The van der Waals surface area contributed by atoms with Crippen molar-refractivity contribution in [2.45, 2.75) is 6.10 Å². The number of halogens is 2. The lowest BCUT2D eigenvalue weighted by molar-refractivity contribution is 0.0252. The molecule has 4 nitrogen and oxygen atoms in total. The van der Waals surface area contributed by atoms with E-state index in [1.54, 1.807) is 6.08 Å². The van der Waals surface area contributed by atoms with Gasteiger partial charge in [-0.25, -0.2) is 0 Å². The van der Waals surface area contributed by atoms with Gasteiger partial charge in [0, 0.05) is 38.4 Å². The first-order valence-electron chi connectivity index (χ1n) is 7.39. The molecule has 122 valence electrons. The highest BCUT2D eigenvalue weighted by Crippen LogP contribution is 2.27. The Labute approximate surface area is 141 Å². The topological polar surface area (TPSA) is 35.9 Å². The third kappa shape index (κ3) is 5.14. The average Bonchev–Trinajstić information content (AvgIpc) is 2.51. The van der Waals surface area contributed by atoms with Crippen molar-refractivity contribution in [3.05, 3.63) is 40.9 Å². The lowest BCUT2D eigenvalue weighted by atomic mass is 10.2. The maximum Gasteiger partial charge on any atom is 0.0900 e. The van der Waals surface area contributed by atoms with Crippen LogP contribution in [0.2, 0.25) is 10.0 Å². The van der Waals surface area contributed by atoms with Crippen LogP contribution in [0.15, 0.2) is 30.9 Å². The summed E-state index contributed by atoms with van der Waals surface area (Å²) < 4.78 is 5.27. The van der Waals surface area contributed by atoms with Gasteiger partial charge in [-0.1, -0.05) is 29.3 Å². The lowest BCUT2D eigenvalue weighted by Crippen LogP contribution is -2.49. The lowest BCUT2D eigenvalue weighted by Gasteiger charge is -2.37. The highest BCUT2D eigenvalue weighted by Gasteiger charge is 2.19. The van der Waals surface area contributed by atoms with E-state index in [1.807, 2.05) is 18.2 Å². The van der Waals surface area contributed by atoms with Crippen LogP contribution in [0.5, 0.6) is 0 Å². The summed E-state index contributed by atoms with van der Waals surface area (Å²) in [4.78, 5) is 4.52. The van der Waals surface area contributed by atoms with Crippen LogP contribution in [0.25, 0.3) is 0 Å². The molecule has 1 N–H and O–H groups in total. The van der Waals surface area contributed by atoms with Crippen LogP contribution in [-0.4, -0.2) is 62.0 Å². The van der Waals surface area contributed by atoms with Gasteiger partial charge in [0.25, 0.3) is 0 Å². The van der Waals surface area contributed by atoms with Gasteiger partial charge >= 0.3 is 0 Å². The zero-order valence-corrected chi connectivity index (χ0v) is 14.1. The Morgan fingerprint density at radius 3 is 2.59 bits per heavy atom. The van der Waals surface area contributed by atoms with Crippen molar-refractivity contribution >= 4 is 28.9 Å². The maximum atomic E-state index is 9.93. The van der Waals surface area contributed by atoms with Crippen molar-refractivity contribution < 1.29 is 9.84 Å². The summed E-state index contributed by atoms with van der Waals surface area (Å²) in [7, 11) is 0. The molecule has 1 heterocycles. The van der Waals surface area contributed by atoms with E-state index in [0.29, 0.717) is 29.8 Å². The minimum atomic E-state index is -0.462. The number of β-amino-alcohol motifs (C(OH)–C–C–N with tert-alkyl or cyclic N) is 1. The summed E-state index contributed by atoms with van der Waals surface area (Å²) in [5, 5.41) is 11.1. The fraction of sp³-hybridized carbons (Fsp3) is 0.500. The number of ether oxygens (including phenoxy) is 1. The van der Waals surface area contributed by atoms with Gasteiger partial charge in [-0.15, -0.1) is 6.58 Å². The minimum absolute atomic E-state index is 0.346. The Balaban J connectivity index is 1.77. The molecule has 22 heavy (non-hydrogen) atoms. The number of hydrogen-bond donors (Lipinski definition) is 1. The molecule has 0 saturated carbocycles. The van der Waals surface area contributed by atoms with Crippen LogP contribution in [0.3, 0.4) is 0 Å². The van der Waals surface area contributed by atoms with E-state index in [1.165, 1.54) is 0 Å². The summed E-state index contributed by atoms with van der Waals surface area (Å²) in [6.45, 7) is 8.64. The second kappa shape index (κ2) is 8.75. The second-order valence-electron chi connectivity index (χ2n) is 5.37. The number of hydrogen-bond acceptors (Lipinski definition) is 4. The normalized spacial score (nSPS) is 17.5. The van der Waals surface area contributed by atoms with E-state index in [2.05, 4.69) is 16.4 Å². The third-order valence-corrected chi connectivity index (χ3v) is 4.39. The summed E-state index contributed by atoms with van der Waals surface area (Å²) >= 11 is 12.0. The average molecular weight is 345 g/mol. The number of nitrogens with zero attached hydrogens (tertiary/aromatic N) is 2. The van der Waals surface area contributed by atoms with Gasteiger partial charge in [-0.3, -0.25) is 4.90 Å². The van der Waals surface area contributed by atoms with Crippen molar-refractivity contribution in [2.75, 3.05) is 50.8 Å². The first-order valence-corrected chi connectivity index (χ1v) is 8.15. The standard InChI is InChI=1S/C16H22Cl2N2O2/c1-2-9-22-12-14(21)11-19-5-7-20(8-6-19)13-3-4-15(17)16(18)10-13/h2-4,10,14,21H,1,5-9,11-12H2. The van der Waals surface area contributed by atoms with Crippen molar-refractivity contribution in [3.8, 4) is 0 Å². The molecule has 0 aliphatic carbocycles. The first kappa shape index (κ1) is 17.6. The van der Waals surface area contributed by atoms with Gasteiger partial charge in [-0.2, -0.15) is 0 Å². The number of anilines is 1. The number of benzene rings is 1. The Morgan fingerprint density at radius 1 is 1.23 bits per heavy atom. The Hall–Kier alpha value is -0.780. The molecule has 0 aromatic heterocycles. The Kier molecular flexibility index (Phi) is 6.99. The summed E-state index contributed by atoms with van der Waals surface area (Å²) in [5.74, 6) is 0. The van der Waals surface area contributed by atoms with E-state index in [-0.39, 0.29) is 0 Å². The molecule has 0 amide bonds. The van der Waals surface area contributed by atoms with Gasteiger partial charge < -0.3 is 14.7 Å². The van der Waals surface area contributed by atoms with Gasteiger partial charge in [-0.05, 0) is 18.2 Å². The van der Waals surface area contributed by atoms with Crippen molar-refractivity contribution in [1.82, 2.24) is 4.90 Å². The largest absolute Gasteiger partial charge is 0.389 e. The first-order chi connectivity index (χ1) is 10.6. The molecule has 1 aliphatic heterocycles. The zero-order chi connectivity index (χ0) is 15.9. The number of aliphatic hydroxyl groups is 1. The molecular formula is C16H22Cl2N2O2. The van der Waals surface area contributed by atoms with Gasteiger partial charge in [0.05, 0.1) is 29.4 Å². The van der Waals surface area contributed by atoms with Crippen LogP contribution >= 0.6 is 23.2 Å². The molecule has 1 fully saturated rings. The molecule has 1 aromatic rings. The number of rotatable bonds is 7. The van der Waals surface area contributed by atoms with Crippen LogP contribution in [-0.2, 0) is 4.74 Å². The molecule has 2 rings (SSSR count). The van der Waals surface area contributed by atoms with E-state index in [0.717, 1.165) is 31.9 Å². The monoisotopic (exact) mass is 344 g/mol. The van der Waals surface area contributed by atoms with E-state index in [4.69, 9.17) is 27.9 Å². The third-order valence-electron chi connectivity index (χ3n) is 3.66. The van der Waals surface area contributed by atoms with Crippen molar-refractivity contribution in [1.29, 1.82) is 0 Å². The van der Waals surface area contributed by atoms with Gasteiger partial charge in [0.1, 0.15) is 0 Å². The maximum absolute atomic E-state index is 9.93. The zero-order valence-electron chi connectivity index (χ0n) is 12.5. The Bertz CT molecular complexity index is 491. The van der Waals surface area contributed by atoms with Crippen LogP contribution in [0.4, 0.5) is 5.69 Å². The molecular weight excluding hydrogens is 323 g/mol. The van der Waals surface area contributed by atoms with E-state index >= 15 is 0 Å².